The molecular formula is C18H14BrO2. The Morgan fingerprint density at radius 2 is 1.86 bits per heavy atom. The van der Waals surface area contributed by atoms with Gasteiger partial charge in [-0.15, -0.1) is 0 Å². The van der Waals surface area contributed by atoms with E-state index in [9.17, 15) is 4.79 Å². The Bertz CT molecular complexity index is 652. The molecule has 0 heterocycles. The van der Waals surface area contributed by atoms with Crippen molar-refractivity contribution in [1.29, 1.82) is 0 Å². The maximum Gasteiger partial charge on any atom is 0.303 e. The predicted molar refractivity (Wildman–Crippen MR) is 86.8 cm³/mol. The lowest BCUT2D eigenvalue weighted by atomic mass is 9.92. The lowest BCUT2D eigenvalue weighted by Crippen LogP contribution is -2.17. The number of carbonyl (C=O) groups is 1. The van der Waals surface area contributed by atoms with Crippen LogP contribution in [0.15, 0.2) is 42.5 Å². The molecule has 1 aliphatic carbocycles. The Labute approximate surface area is 133 Å². The highest BCUT2D eigenvalue weighted by Gasteiger charge is 2.37. The van der Waals surface area contributed by atoms with Gasteiger partial charge in [-0.1, -0.05) is 52.3 Å². The van der Waals surface area contributed by atoms with E-state index >= 15 is 0 Å². The summed E-state index contributed by atoms with van der Waals surface area (Å²) in [5, 5.41) is 2.30. The van der Waals surface area contributed by atoms with E-state index in [1.54, 1.807) is 0 Å². The van der Waals surface area contributed by atoms with Crippen LogP contribution < -0.4 is 0 Å². The van der Waals surface area contributed by atoms with Crippen molar-refractivity contribution in [3.8, 4) is 0 Å². The zero-order valence-corrected chi connectivity index (χ0v) is 13.1. The van der Waals surface area contributed by atoms with E-state index in [1.165, 1.54) is 12.3 Å². The first-order valence-corrected chi connectivity index (χ1v) is 7.51. The number of hydrogen-bond acceptors (Lipinski definition) is 2. The summed E-state index contributed by atoms with van der Waals surface area (Å²) in [6, 6.07) is 14.3. The van der Waals surface area contributed by atoms with E-state index in [0.29, 0.717) is 0 Å². The summed E-state index contributed by atoms with van der Waals surface area (Å²) in [5.41, 5.74) is 0.968. The van der Waals surface area contributed by atoms with Gasteiger partial charge < -0.3 is 4.74 Å². The van der Waals surface area contributed by atoms with Gasteiger partial charge in [0.15, 0.2) is 0 Å². The van der Waals surface area contributed by atoms with E-state index in [2.05, 4.69) is 40.2 Å². The minimum Gasteiger partial charge on any atom is -0.457 e. The Morgan fingerprint density at radius 3 is 2.52 bits per heavy atom. The minimum atomic E-state index is -0.392. The zero-order valence-electron chi connectivity index (χ0n) is 11.5. The Balaban J connectivity index is 1.98. The predicted octanol–water partition coefficient (Wildman–Crippen LogP) is 4.57. The number of hydrogen-bond donors (Lipinski definition) is 0. The summed E-state index contributed by atoms with van der Waals surface area (Å²) in [4.78, 5) is 12.4. The highest BCUT2D eigenvalue weighted by molar-refractivity contribution is 9.11. The molecule has 2 nitrogen and oxygen atoms in total. The molecule has 3 rings (SSSR count). The molecule has 1 atom stereocenters. The van der Waals surface area contributed by atoms with E-state index < -0.39 is 6.10 Å². The number of rotatable bonds is 3. The van der Waals surface area contributed by atoms with Gasteiger partial charge in [0.1, 0.15) is 6.10 Å². The molecule has 0 bridgehead atoms. The van der Waals surface area contributed by atoms with Gasteiger partial charge in [0, 0.05) is 12.8 Å². The second kappa shape index (κ2) is 6.18. The fourth-order valence-corrected chi connectivity index (χ4v) is 2.97. The third kappa shape index (κ3) is 3.13. The maximum absolute atomic E-state index is 11.5. The quantitative estimate of drug-likeness (QED) is 0.764. The number of fused-ring (bicyclic) bond motifs is 1. The molecular weight excluding hydrogens is 328 g/mol. The monoisotopic (exact) mass is 341 g/mol. The lowest BCUT2D eigenvalue weighted by molar-refractivity contribution is -0.145. The van der Waals surface area contributed by atoms with Gasteiger partial charge in [0.05, 0.1) is 4.83 Å². The molecule has 0 saturated heterocycles. The van der Waals surface area contributed by atoms with E-state index in [4.69, 9.17) is 4.74 Å². The Kier molecular flexibility index (Phi) is 4.29. The summed E-state index contributed by atoms with van der Waals surface area (Å²) >= 11 is 3.51. The summed E-state index contributed by atoms with van der Waals surface area (Å²) in [7, 11) is 0. The SMILES string of the molecule is CC(=O)O[C@@H]([C]1[CH][CH][CH][C]1Br)c1ccc2ccccc2c1. The van der Waals surface area contributed by atoms with Crippen LogP contribution in [0.1, 0.15) is 18.6 Å². The minimum absolute atomic E-state index is 0.291. The molecule has 0 amide bonds. The molecule has 1 aliphatic rings. The van der Waals surface area contributed by atoms with Crippen molar-refractivity contribution in [3.05, 3.63) is 78.0 Å². The van der Waals surface area contributed by atoms with Crippen molar-refractivity contribution in [1.82, 2.24) is 0 Å². The largest absolute Gasteiger partial charge is 0.457 e. The van der Waals surface area contributed by atoms with Crippen molar-refractivity contribution in [3.63, 3.8) is 0 Å². The molecule has 21 heavy (non-hydrogen) atoms. The Morgan fingerprint density at radius 1 is 1.10 bits per heavy atom. The fraction of sp³-hybridized carbons (Fsp3) is 0.111. The van der Waals surface area contributed by atoms with Gasteiger partial charge in [0.2, 0.25) is 0 Å². The third-order valence-electron chi connectivity index (χ3n) is 3.44. The Hall–Kier alpha value is -1.35. The smallest absolute Gasteiger partial charge is 0.303 e. The topological polar surface area (TPSA) is 26.3 Å². The molecule has 0 N–H and O–H groups in total. The average molecular weight is 342 g/mol. The van der Waals surface area contributed by atoms with Gasteiger partial charge in [-0.2, -0.15) is 0 Å². The van der Waals surface area contributed by atoms with Crippen molar-refractivity contribution < 1.29 is 9.53 Å². The fourth-order valence-electron chi connectivity index (χ4n) is 2.47. The molecule has 0 aliphatic heterocycles. The van der Waals surface area contributed by atoms with Crippen molar-refractivity contribution >= 4 is 32.7 Å². The van der Waals surface area contributed by atoms with Gasteiger partial charge in [0.25, 0.3) is 0 Å². The van der Waals surface area contributed by atoms with Crippen LogP contribution in [0, 0.1) is 30.0 Å². The lowest BCUT2D eigenvalue weighted by Gasteiger charge is -2.25. The van der Waals surface area contributed by atoms with Crippen LogP contribution in [0.25, 0.3) is 10.8 Å². The van der Waals surface area contributed by atoms with E-state index in [1.807, 2.05) is 37.5 Å². The average Bonchev–Trinajstić information content (AvgIpc) is 2.90. The van der Waals surface area contributed by atoms with Crippen LogP contribution in [0.4, 0.5) is 0 Å². The molecule has 0 unspecified atom stereocenters. The third-order valence-corrected chi connectivity index (χ3v) is 4.16. The van der Waals surface area contributed by atoms with Crippen LogP contribution in [0.2, 0.25) is 0 Å². The van der Waals surface area contributed by atoms with Gasteiger partial charge in [-0.3, -0.25) is 4.79 Å². The molecule has 2 aromatic carbocycles. The maximum atomic E-state index is 11.5. The summed E-state index contributed by atoms with van der Waals surface area (Å²) in [6.07, 6.45) is 5.47. The van der Waals surface area contributed by atoms with Crippen LogP contribution in [-0.4, -0.2) is 5.97 Å². The van der Waals surface area contributed by atoms with Crippen molar-refractivity contribution in [2.45, 2.75) is 13.0 Å². The summed E-state index contributed by atoms with van der Waals surface area (Å²) in [5.74, 6) is 0.668. The molecule has 0 aromatic heterocycles. The second-order valence-electron chi connectivity index (χ2n) is 4.93. The molecule has 1 fully saturated rings. The molecule has 1 saturated carbocycles. The van der Waals surface area contributed by atoms with Crippen LogP contribution in [-0.2, 0) is 9.53 Å². The molecule has 105 valence electrons. The van der Waals surface area contributed by atoms with Crippen LogP contribution >= 0.6 is 15.9 Å². The van der Waals surface area contributed by atoms with Crippen molar-refractivity contribution in [2.24, 2.45) is 0 Å². The summed E-state index contributed by atoms with van der Waals surface area (Å²) in [6.45, 7) is 1.44. The van der Waals surface area contributed by atoms with Crippen molar-refractivity contribution in [2.75, 3.05) is 0 Å². The summed E-state index contributed by atoms with van der Waals surface area (Å²) < 4.78 is 5.54. The molecule has 5 radical (unpaired) electrons. The first-order valence-electron chi connectivity index (χ1n) is 6.72. The normalized spacial score (nSPS) is 18.0. The van der Waals surface area contributed by atoms with Gasteiger partial charge in [-0.05, 0) is 41.7 Å². The number of benzene rings is 2. The zero-order chi connectivity index (χ0) is 14.8. The van der Waals surface area contributed by atoms with E-state index in [0.717, 1.165) is 21.7 Å². The van der Waals surface area contributed by atoms with Crippen LogP contribution in [0.3, 0.4) is 0 Å². The van der Waals surface area contributed by atoms with Crippen LogP contribution in [0.5, 0.6) is 0 Å². The number of carbonyl (C=O) groups excluding carboxylic acids is 1. The number of ether oxygens (including phenoxy) is 1. The number of halogens is 1. The second-order valence-corrected chi connectivity index (χ2v) is 5.78. The molecule has 3 heteroatoms. The van der Waals surface area contributed by atoms with Gasteiger partial charge in [-0.25, -0.2) is 0 Å². The highest BCUT2D eigenvalue weighted by Crippen LogP contribution is 2.47. The highest BCUT2D eigenvalue weighted by atomic mass is 79.9. The standard InChI is InChI=1S/C18H14BrO2/c1-12(20)21-18(16-7-4-8-17(16)19)15-10-9-13-5-2-3-6-14(13)11-15/h2-11,18H,1H3/t18-/m1/s1. The first-order chi connectivity index (χ1) is 10.1. The first kappa shape index (κ1) is 14.6. The molecule has 2 aromatic rings. The van der Waals surface area contributed by atoms with E-state index in [-0.39, 0.29) is 5.97 Å². The molecule has 0 spiro atoms. The number of esters is 1. The van der Waals surface area contributed by atoms with Gasteiger partial charge >= 0.3 is 5.97 Å².